The third-order valence-corrected chi connectivity index (χ3v) is 2.46. The molecule has 10 nitrogen and oxygen atoms in total. The Bertz CT molecular complexity index is 291. The highest BCUT2D eigenvalue weighted by Gasteiger charge is 2.29. The summed E-state index contributed by atoms with van der Waals surface area (Å²) in [5.41, 5.74) is 10.3. The number of rotatable bonds is 9. The maximum Gasteiger partial charge on any atom is 0.320 e. The monoisotopic (exact) mass is 312 g/mol. The molecular formula is C11H24N2O8. The highest BCUT2D eigenvalue weighted by Crippen LogP contribution is 2.02. The first kappa shape index (κ1) is 22.1. The second-order valence-corrected chi connectivity index (χ2v) is 4.23. The van der Waals surface area contributed by atoms with Gasteiger partial charge >= 0.3 is 5.97 Å². The van der Waals surface area contributed by atoms with E-state index in [0.29, 0.717) is 19.4 Å². The molecular weight excluding hydrogens is 288 g/mol. The summed E-state index contributed by atoms with van der Waals surface area (Å²) in [4.78, 5) is 19.9. The van der Waals surface area contributed by atoms with E-state index in [1.807, 2.05) is 0 Å². The van der Waals surface area contributed by atoms with Gasteiger partial charge in [-0.3, -0.25) is 4.79 Å². The Labute approximate surface area is 121 Å². The number of hydrogen-bond donors (Lipinski definition) is 8. The summed E-state index contributed by atoms with van der Waals surface area (Å²) in [5.74, 6) is -0.955. The molecule has 0 aliphatic rings. The van der Waals surface area contributed by atoms with Gasteiger partial charge in [-0.1, -0.05) is 0 Å². The van der Waals surface area contributed by atoms with Crippen molar-refractivity contribution < 1.29 is 40.2 Å². The van der Waals surface area contributed by atoms with Crippen molar-refractivity contribution in [1.82, 2.24) is 0 Å². The molecule has 0 saturated heterocycles. The summed E-state index contributed by atoms with van der Waals surface area (Å²) in [6.07, 6.45) is -5.70. The highest BCUT2D eigenvalue weighted by molar-refractivity contribution is 5.72. The number of carbonyl (C=O) groups is 2. The van der Waals surface area contributed by atoms with E-state index in [0.717, 1.165) is 0 Å². The lowest BCUT2D eigenvalue weighted by atomic mass is 10.0. The third-order valence-electron chi connectivity index (χ3n) is 2.46. The zero-order chi connectivity index (χ0) is 17.0. The minimum Gasteiger partial charge on any atom is -0.480 e. The van der Waals surface area contributed by atoms with E-state index in [4.69, 9.17) is 42.1 Å². The van der Waals surface area contributed by atoms with E-state index in [9.17, 15) is 9.59 Å². The SMILES string of the molecule is NCCC[C@H](N)C(=O)O.O=C[C@H](O)[C@@H](O)[C@H](O)[C@H](O)CO. The highest BCUT2D eigenvalue weighted by atomic mass is 16.4. The van der Waals surface area contributed by atoms with Gasteiger partial charge in [-0.05, 0) is 19.4 Å². The van der Waals surface area contributed by atoms with Gasteiger partial charge in [0.2, 0.25) is 0 Å². The Morgan fingerprint density at radius 3 is 2.00 bits per heavy atom. The Morgan fingerprint density at radius 2 is 1.67 bits per heavy atom. The van der Waals surface area contributed by atoms with E-state index in [-0.39, 0.29) is 6.29 Å². The Kier molecular flexibility index (Phi) is 13.3. The zero-order valence-electron chi connectivity index (χ0n) is 11.4. The molecule has 0 aliphatic carbocycles. The predicted octanol–water partition coefficient (Wildman–Crippen LogP) is -4.24. The molecule has 0 aromatic carbocycles. The van der Waals surface area contributed by atoms with E-state index in [1.54, 1.807) is 0 Å². The molecule has 0 aliphatic heterocycles. The van der Waals surface area contributed by atoms with Crippen LogP contribution in [-0.2, 0) is 9.59 Å². The predicted molar refractivity (Wildman–Crippen MR) is 71.1 cm³/mol. The van der Waals surface area contributed by atoms with Crippen LogP contribution in [0.5, 0.6) is 0 Å². The molecule has 10 N–H and O–H groups in total. The fourth-order valence-corrected chi connectivity index (χ4v) is 1.08. The van der Waals surface area contributed by atoms with Gasteiger partial charge in [-0.15, -0.1) is 0 Å². The molecule has 0 spiro atoms. The van der Waals surface area contributed by atoms with Gasteiger partial charge in [0.25, 0.3) is 0 Å². The maximum absolute atomic E-state index is 10.0. The number of hydrogen-bond acceptors (Lipinski definition) is 9. The second-order valence-electron chi connectivity index (χ2n) is 4.23. The average Bonchev–Trinajstić information content (AvgIpc) is 2.49. The summed E-state index contributed by atoms with van der Waals surface area (Å²) < 4.78 is 0. The summed E-state index contributed by atoms with van der Waals surface area (Å²) in [6, 6.07) is -0.742. The van der Waals surface area contributed by atoms with Crippen molar-refractivity contribution >= 4 is 12.3 Å². The van der Waals surface area contributed by atoms with Crippen LogP contribution in [-0.4, -0.2) is 86.5 Å². The van der Waals surface area contributed by atoms with Gasteiger partial charge in [0.15, 0.2) is 6.29 Å². The maximum atomic E-state index is 10.0. The largest absolute Gasteiger partial charge is 0.480 e. The molecule has 126 valence electrons. The minimum atomic E-state index is -1.79. The van der Waals surface area contributed by atoms with Crippen molar-refractivity contribution in [3.05, 3.63) is 0 Å². The molecule has 0 aromatic rings. The lowest BCUT2D eigenvalue weighted by Crippen LogP contribution is -2.46. The molecule has 10 heteroatoms. The molecule has 0 aromatic heterocycles. The van der Waals surface area contributed by atoms with E-state index < -0.39 is 43.0 Å². The Balaban J connectivity index is 0. The van der Waals surface area contributed by atoms with Crippen LogP contribution in [0.15, 0.2) is 0 Å². The van der Waals surface area contributed by atoms with Crippen LogP contribution in [0, 0.1) is 0 Å². The Hall–Kier alpha value is -1.14. The molecule has 5 atom stereocenters. The first-order chi connectivity index (χ1) is 9.72. The second kappa shape index (κ2) is 12.6. The number of aliphatic hydroxyl groups excluding tert-OH is 5. The fraction of sp³-hybridized carbons (Fsp3) is 0.818. The van der Waals surface area contributed by atoms with Gasteiger partial charge in [0, 0.05) is 0 Å². The van der Waals surface area contributed by atoms with Crippen LogP contribution in [0.4, 0.5) is 0 Å². The van der Waals surface area contributed by atoms with Gasteiger partial charge in [-0.25, -0.2) is 0 Å². The molecule has 0 rings (SSSR count). The number of nitrogens with two attached hydrogens (primary N) is 2. The first-order valence-electron chi connectivity index (χ1n) is 6.19. The van der Waals surface area contributed by atoms with Crippen LogP contribution in [0.3, 0.4) is 0 Å². The smallest absolute Gasteiger partial charge is 0.320 e. The van der Waals surface area contributed by atoms with Gasteiger partial charge in [0.1, 0.15) is 30.5 Å². The van der Waals surface area contributed by atoms with Crippen LogP contribution in [0.1, 0.15) is 12.8 Å². The number of aliphatic hydroxyl groups is 5. The Morgan fingerprint density at radius 1 is 1.14 bits per heavy atom. The van der Waals surface area contributed by atoms with E-state index in [1.165, 1.54) is 0 Å². The summed E-state index contributed by atoms with van der Waals surface area (Å²) in [5, 5.41) is 51.8. The van der Waals surface area contributed by atoms with Crippen molar-refractivity contribution in [2.75, 3.05) is 13.2 Å². The van der Waals surface area contributed by atoms with Crippen LogP contribution in [0.2, 0.25) is 0 Å². The lowest BCUT2D eigenvalue weighted by Gasteiger charge is -2.22. The van der Waals surface area contributed by atoms with Crippen LogP contribution < -0.4 is 11.5 Å². The van der Waals surface area contributed by atoms with Crippen LogP contribution in [0.25, 0.3) is 0 Å². The summed E-state index contributed by atoms with van der Waals surface area (Å²) >= 11 is 0. The molecule has 0 heterocycles. The molecule has 0 amide bonds. The molecule has 0 saturated carbocycles. The van der Waals surface area contributed by atoms with Gasteiger partial charge < -0.3 is 46.9 Å². The van der Waals surface area contributed by atoms with E-state index >= 15 is 0 Å². The van der Waals surface area contributed by atoms with E-state index in [2.05, 4.69) is 0 Å². The molecule has 21 heavy (non-hydrogen) atoms. The molecule has 0 radical (unpaired) electrons. The van der Waals surface area contributed by atoms with Crippen molar-refractivity contribution in [2.45, 2.75) is 43.3 Å². The van der Waals surface area contributed by atoms with Crippen molar-refractivity contribution in [1.29, 1.82) is 0 Å². The number of aldehydes is 1. The number of carboxylic acids is 1. The third kappa shape index (κ3) is 10.3. The number of aliphatic carboxylic acids is 1. The van der Waals surface area contributed by atoms with Crippen LogP contribution >= 0.6 is 0 Å². The minimum absolute atomic E-state index is 0.0258. The summed E-state index contributed by atoms with van der Waals surface area (Å²) in [7, 11) is 0. The van der Waals surface area contributed by atoms with Crippen molar-refractivity contribution in [2.24, 2.45) is 11.5 Å². The fourth-order valence-electron chi connectivity index (χ4n) is 1.08. The van der Waals surface area contributed by atoms with Crippen molar-refractivity contribution in [3.8, 4) is 0 Å². The quantitative estimate of drug-likeness (QED) is 0.192. The molecule has 0 bridgehead atoms. The molecule has 0 unspecified atom stereocenters. The number of carbonyl (C=O) groups excluding carboxylic acids is 1. The first-order valence-corrected chi connectivity index (χ1v) is 6.19. The number of carboxylic acid groups (broad SMARTS) is 1. The van der Waals surface area contributed by atoms with Crippen molar-refractivity contribution in [3.63, 3.8) is 0 Å². The van der Waals surface area contributed by atoms with Gasteiger partial charge in [0.05, 0.1) is 6.61 Å². The standard InChI is InChI=1S/C6H12O6.C5H12N2O2/c7-1-3(9)5(11)6(12)4(10)2-8;6-3-1-2-4(7)5(8)9/h1,3-6,8-12H,2H2;4H,1-3,6-7H2,(H,8,9)/t3-,4+,5+,6+;4-/m00/s1. The summed E-state index contributed by atoms with van der Waals surface area (Å²) in [6.45, 7) is -0.259. The molecule has 0 fully saturated rings. The normalized spacial score (nSPS) is 17.7. The average molecular weight is 312 g/mol. The topological polar surface area (TPSA) is 208 Å². The van der Waals surface area contributed by atoms with Gasteiger partial charge in [-0.2, -0.15) is 0 Å². The lowest BCUT2D eigenvalue weighted by molar-refractivity contribution is -0.138. The zero-order valence-corrected chi connectivity index (χ0v) is 11.4.